The minimum atomic E-state index is -0.0909. The predicted molar refractivity (Wildman–Crippen MR) is 104 cm³/mol. The molecule has 29 heavy (non-hydrogen) atoms. The Kier molecular flexibility index (Phi) is 4.54. The van der Waals surface area contributed by atoms with Crippen LogP contribution in [0.15, 0.2) is 22.6 Å². The molecule has 3 heterocycles. The largest absolute Gasteiger partial charge is 0.455 e. The number of nitrogens with one attached hydrogen (secondary N) is 1. The summed E-state index contributed by atoms with van der Waals surface area (Å²) in [5, 5.41) is 0. The lowest BCUT2D eigenvalue weighted by Gasteiger charge is -2.32. The van der Waals surface area contributed by atoms with Crippen molar-refractivity contribution in [3.05, 3.63) is 46.4 Å². The fraction of sp³-hybridized carbons (Fsp3) is 0.455. The summed E-state index contributed by atoms with van der Waals surface area (Å²) in [7, 11) is 0. The quantitative estimate of drug-likeness (QED) is 0.847. The number of ether oxygens (including phenoxy) is 2. The van der Waals surface area contributed by atoms with Crippen molar-refractivity contribution in [3.63, 3.8) is 0 Å². The second-order valence-corrected chi connectivity index (χ2v) is 8.04. The number of nitrogens with zero attached hydrogens (tertiary/aromatic N) is 1. The Labute approximate surface area is 169 Å². The van der Waals surface area contributed by atoms with Crippen LogP contribution in [0.25, 0.3) is 0 Å². The Bertz CT molecular complexity index is 972. The minimum absolute atomic E-state index is 0.0909. The number of furan rings is 1. The van der Waals surface area contributed by atoms with Crippen LogP contribution in [0.3, 0.4) is 0 Å². The zero-order valence-corrected chi connectivity index (χ0v) is 16.6. The highest BCUT2D eigenvalue weighted by molar-refractivity contribution is 6.03. The number of hydrogen-bond donors (Lipinski definition) is 1. The van der Waals surface area contributed by atoms with Gasteiger partial charge < -0.3 is 23.7 Å². The molecule has 0 saturated carbocycles. The van der Waals surface area contributed by atoms with E-state index in [1.165, 1.54) is 10.5 Å². The van der Waals surface area contributed by atoms with Gasteiger partial charge in [0.15, 0.2) is 23.0 Å². The van der Waals surface area contributed by atoms with E-state index in [2.05, 4.69) is 6.07 Å². The molecule has 2 aromatic rings. The highest BCUT2D eigenvalue weighted by Crippen LogP contribution is 2.32. The first-order valence-electron chi connectivity index (χ1n) is 10.3. The zero-order valence-electron chi connectivity index (χ0n) is 16.6. The highest BCUT2D eigenvalue weighted by Gasteiger charge is 2.32. The van der Waals surface area contributed by atoms with Crippen LogP contribution in [0.2, 0.25) is 0 Å². The van der Waals surface area contributed by atoms with Gasteiger partial charge in [0.25, 0.3) is 5.91 Å². The van der Waals surface area contributed by atoms with Gasteiger partial charge in [-0.25, -0.2) is 0 Å². The second kappa shape index (κ2) is 7.22. The average molecular weight is 397 g/mol. The number of hydrogen-bond acceptors (Lipinski definition) is 5. The molecule has 7 heteroatoms. The standard InChI is InChI=1S/C22H24N2O5/c1-14-20-16(25)3-2-4-18(20)29-21(14)22(26)24-9-7-23(8-10-24)12-15-5-6-17-19(11-15)28-13-27-17/h5-6,11H,2-4,7-10,12-13H2,1H3/p+1. The summed E-state index contributed by atoms with van der Waals surface area (Å²) in [5.74, 6) is 2.66. The molecule has 2 aliphatic heterocycles. The number of amides is 1. The lowest BCUT2D eigenvalue weighted by Crippen LogP contribution is -3.13. The van der Waals surface area contributed by atoms with E-state index in [1.807, 2.05) is 24.0 Å². The van der Waals surface area contributed by atoms with E-state index in [-0.39, 0.29) is 18.5 Å². The van der Waals surface area contributed by atoms with Gasteiger partial charge in [-0.3, -0.25) is 9.59 Å². The number of carbonyl (C=O) groups excluding carboxylic acids is 2. The van der Waals surface area contributed by atoms with Crippen molar-refractivity contribution < 1.29 is 28.4 Å². The minimum Gasteiger partial charge on any atom is -0.455 e. The average Bonchev–Trinajstić information content (AvgIpc) is 3.33. The molecular weight excluding hydrogens is 372 g/mol. The van der Waals surface area contributed by atoms with Crippen molar-refractivity contribution in [1.82, 2.24) is 4.90 Å². The fourth-order valence-electron chi connectivity index (χ4n) is 4.54. The normalized spacial score (nSPS) is 18.8. The lowest BCUT2D eigenvalue weighted by molar-refractivity contribution is -0.917. The number of carbonyl (C=O) groups is 2. The van der Waals surface area contributed by atoms with Crippen LogP contribution in [-0.4, -0.2) is 49.6 Å². The number of fused-ring (bicyclic) bond motifs is 2. The maximum absolute atomic E-state index is 13.0. The van der Waals surface area contributed by atoms with E-state index >= 15 is 0 Å². The third-order valence-electron chi connectivity index (χ3n) is 6.15. The molecule has 0 radical (unpaired) electrons. The van der Waals surface area contributed by atoms with E-state index in [1.54, 1.807) is 0 Å². The highest BCUT2D eigenvalue weighted by atomic mass is 16.7. The molecule has 0 spiro atoms. The smallest absolute Gasteiger partial charge is 0.290 e. The summed E-state index contributed by atoms with van der Waals surface area (Å²) >= 11 is 0. The molecule has 1 aromatic heterocycles. The lowest BCUT2D eigenvalue weighted by atomic mass is 9.94. The Balaban J connectivity index is 1.23. The van der Waals surface area contributed by atoms with Crippen LogP contribution < -0.4 is 14.4 Å². The summed E-state index contributed by atoms with van der Waals surface area (Å²) < 4.78 is 16.7. The predicted octanol–water partition coefficient (Wildman–Crippen LogP) is 1.38. The number of aryl methyl sites for hydroxylation is 1. The van der Waals surface area contributed by atoms with E-state index in [4.69, 9.17) is 13.9 Å². The van der Waals surface area contributed by atoms with E-state index in [0.29, 0.717) is 42.2 Å². The number of rotatable bonds is 3. The monoisotopic (exact) mass is 397 g/mol. The number of quaternary nitrogens is 1. The molecule has 1 fully saturated rings. The summed E-state index contributed by atoms with van der Waals surface area (Å²) in [5.41, 5.74) is 2.56. The Morgan fingerprint density at radius 3 is 2.72 bits per heavy atom. The van der Waals surface area contributed by atoms with Crippen LogP contribution in [0.5, 0.6) is 11.5 Å². The van der Waals surface area contributed by atoms with Crippen molar-refractivity contribution in [3.8, 4) is 11.5 Å². The number of piperazine rings is 1. The van der Waals surface area contributed by atoms with Crippen molar-refractivity contribution in [2.75, 3.05) is 33.0 Å². The van der Waals surface area contributed by atoms with Crippen molar-refractivity contribution in [1.29, 1.82) is 0 Å². The molecule has 1 amide bonds. The summed E-state index contributed by atoms with van der Waals surface area (Å²) in [6.07, 6.45) is 2.08. The van der Waals surface area contributed by atoms with E-state index < -0.39 is 0 Å². The van der Waals surface area contributed by atoms with E-state index in [0.717, 1.165) is 44.0 Å². The second-order valence-electron chi connectivity index (χ2n) is 8.04. The number of benzene rings is 1. The summed E-state index contributed by atoms with van der Waals surface area (Å²) in [4.78, 5) is 28.5. The fourth-order valence-corrected chi connectivity index (χ4v) is 4.54. The van der Waals surface area contributed by atoms with Crippen LogP contribution >= 0.6 is 0 Å². The van der Waals surface area contributed by atoms with Crippen molar-refractivity contribution in [2.24, 2.45) is 0 Å². The van der Waals surface area contributed by atoms with Crippen molar-refractivity contribution >= 4 is 11.7 Å². The molecule has 1 aliphatic carbocycles. The first-order chi connectivity index (χ1) is 14.1. The van der Waals surface area contributed by atoms with Crippen LogP contribution in [-0.2, 0) is 13.0 Å². The summed E-state index contributed by atoms with van der Waals surface area (Å²) in [6.45, 7) is 6.11. The number of Topliss-reactive ketones (excluding diaryl/α,β-unsaturated/α-hetero) is 1. The van der Waals surface area contributed by atoms with Gasteiger partial charge in [-0.2, -0.15) is 0 Å². The number of ketones is 1. The molecule has 7 nitrogen and oxygen atoms in total. The van der Waals surface area contributed by atoms with Gasteiger partial charge in [0.05, 0.1) is 31.7 Å². The van der Waals surface area contributed by atoms with Crippen LogP contribution in [0.1, 0.15) is 50.6 Å². The molecular formula is C22H25N2O5+. The summed E-state index contributed by atoms with van der Waals surface area (Å²) in [6, 6.07) is 6.08. The Morgan fingerprint density at radius 1 is 1.14 bits per heavy atom. The van der Waals surface area contributed by atoms with Gasteiger partial charge in [-0.05, 0) is 31.5 Å². The van der Waals surface area contributed by atoms with Gasteiger partial charge in [-0.1, -0.05) is 0 Å². The van der Waals surface area contributed by atoms with Crippen molar-refractivity contribution in [2.45, 2.75) is 32.7 Å². The Hall–Kier alpha value is -2.80. The van der Waals surface area contributed by atoms with Crippen LogP contribution in [0.4, 0.5) is 0 Å². The maximum atomic E-state index is 13.0. The first kappa shape index (κ1) is 18.2. The molecule has 1 aromatic carbocycles. The third-order valence-corrected chi connectivity index (χ3v) is 6.15. The van der Waals surface area contributed by atoms with Crippen LogP contribution in [0, 0.1) is 6.92 Å². The molecule has 1 saturated heterocycles. The molecule has 1 N–H and O–H groups in total. The molecule has 0 bridgehead atoms. The van der Waals surface area contributed by atoms with Gasteiger partial charge in [-0.15, -0.1) is 0 Å². The van der Waals surface area contributed by atoms with E-state index in [9.17, 15) is 9.59 Å². The Morgan fingerprint density at radius 2 is 1.93 bits per heavy atom. The topological polar surface area (TPSA) is 73.4 Å². The molecule has 5 rings (SSSR count). The molecule has 3 aliphatic rings. The maximum Gasteiger partial charge on any atom is 0.290 e. The molecule has 152 valence electrons. The SMILES string of the molecule is Cc1c(C(=O)N2CC[NH+](Cc3ccc4c(c3)OCO4)CC2)oc2c1C(=O)CCC2. The third kappa shape index (κ3) is 3.29. The van der Waals surface area contributed by atoms with Gasteiger partial charge in [0.1, 0.15) is 12.3 Å². The molecule has 0 atom stereocenters. The zero-order chi connectivity index (χ0) is 20.0. The molecule has 0 unspecified atom stereocenters. The van der Waals surface area contributed by atoms with Gasteiger partial charge in [0.2, 0.25) is 6.79 Å². The van der Waals surface area contributed by atoms with Gasteiger partial charge >= 0.3 is 0 Å². The first-order valence-corrected chi connectivity index (χ1v) is 10.3. The van der Waals surface area contributed by atoms with Gasteiger partial charge in [0, 0.05) is 24.0 Å².